The summed E-state index contributed by atoms with van der Waals surface area (Å²) in [4.78, 5) is 4.38. The first-order chi connectivity index (χ1) is 9.22. The van der Waals surface area contributed by atoms with Gasteiger partial charge < -0.3 is 5.32 Å². The Kier molecular flexibility index (Phi) is 3.67. The molecule has 0 amide bonds. The number of aromatic nitrogens is 2. The van der Waals surface area contributed by atoms with Crippen molar-refractivity contribution in [3.63, 3.8) is 0 Å². The quantitative estimate of drug-likeness (QED) is 0.901. The number of hydrogen-bond donors (Lipinski definition) is 1. The van der Waals surface area contributed by atoms with E-state index in [0.29, 0.717) is 16.1 Å². The Morgan fingerprint density at radius 1 is 1.11 bits per heavy atom. The normalized spacial score (nSPS) is 15.9. The van der Waals surface area contributed by atoms with E-state index in [1.54, 1.807) is 12.3 Å². The highest BCUT2D eigenvalue weighted by Crippen LogP contribution is 2.26. The number of rotatable bonds is 3. The van der Waals surface area contributed by atoms with E-state index in [2.05, 4.69) is 10.3 Å². The van der Waals surface area contributed by atoms with Gasteiger partial charge in [0.1, 0.15) is 0 Å². The van der Waals surface area contributed by atoms with Crippen LogP contribution in [0.15, 0.2) is 30.6 Å². The first kappa shape index (κ1) is 12.8. The van der Waals surface area contributed by atoms with Crippen LogP contribution in [0, 0.1) is 0 Å². The number of benzene rings is 1. The van der Waals surface area contributed by atoms with Crippen LogP contribution in [0.5, 0.6) is 0 Å². The summed E-state index contributed by atoms with van der Waals surface area (Å²) in [5.74, 6) is 0.852. The van der Waals surface area contributed by atoms with Crippen molar-refractivity contribution in [2.45, 2.75) is 31.7 Å². The minimum atomic E-state index is 0.524. The fourth-order valence-electron chi connectivity index (χ4n) is 2.55. The van der Waals surface area contributed by atoms with Gasteiger partial charge in [0.25, 0.3) is 0 Å². The van der Waals surface area contributed by atoms with Crippen LogP contribution in [0.25, 0.3) is 5.69 Å². The van der Waals surface area contributed by atoms with Gasteiger partial charge in [0.15, 0.2) is 0 Å². The molecule has 0 bridgehead atoms. The van der Waals surface area contributed by atoms with Gasteiger partial charge in [0.2, 0.25) is 5.95 Å². The number of anilines is 1. The topological polar surface area (TPSA) is 29.9 Å². The summed E-state index contributed by atoms with van der Waals surface area (Å²) in [6.07, 6.45) is 8.71. The summed E-state index contributed by atoms with van der Waals surface area (Å²) in [7, 11) is 0. The van der Waals surface area contributed by atoms with Crippen LogP contribution >= 0.6 is 23.2 Å². The summed E-state index contributed by atoms with van der Waals surface area (Å²) in [5, 5.41) is 4.75. The number of nitrogens with one attached hydrogen (secondary N) is 1. The summed E-state index contributed by atoms with van der Waals surface area (Å²) in [5.41, 5.74) is 0.926. The van der Waals surface area contributed by atoms with Crippen molar-refractivity contribution in [3.05, 3.63) is 40.6 Å². The lowest BCUT2D eigenvalue weighted by Gasteiger charge is -2.15. The first-order valence-corrected chi connectivity index (χ1v) is 7.24. The number of imidazole rings is 1. The Bertz CT molecular complexity index is 554. The molecule has 1 aliphatic carbocycles. The summed E-state index contributed by atoms with van der Waals surface area (Å²) in [6, 6.07) is 6.02. The molecule has 2 aromatic rings. The molecule has 3 rings (SSSR count). The number of hydrogen-bond acceptors (Lipinski definition) is 2. The molecule has 1 aromatic heterocycles. The Labute approximate surface area is 122 Å². The Balaban J connectivity index is 1.90. The third kappa shape index (κ3) is 2.88. The lowest BCUT2D eigenvalue weighted by molar-refractivity contribution is 0.740. The molecule has 0 aliphatic heterocycles. The average Bonchev–Trinajstić information content (AvgIpc) is 2.99. The van der Waals surface area contributed by atoms with Crippen LogP contribution in [0.1, 0.15) is 25.7 Å². The van der Waals surface area contributed by atoms with Gasteiger partial charge in [0, 0.05) is 28.5 Å². The highest BCUT2D eigenvalue weighted by atomic mass is 35.5. The van der Waals surface area contributed by atoms with Gasteiger partial charge in [0.05, 0.1) is 5.69 Å². The van der Waals surface area contributed by atoms with E-state index < -0.39 is 0 Å². The maximum absolute atomic E-state index is 6.05. The van der Waals surface area contributed by atoms with Crippen LogP contribution in [-0.4, -0.2) is 15.6 Å². The van der Waals surface area contributed by atoms with Gasteiger partial charge in [-0.05, 0) is 31.0 Å². The zero-order chi connectivity index (χ0) is 13.2. The highest BCUT2D eigenvalue weighted by Gasteiger charge is 2.17. The summed E-state index contributed by atoms with van der Waals surface area (Å²) in [6.45, 7) is 0. The van der Waals surface area contributed by atoms with E-state index >= 15 is 0 Å². The van der Waals surface area contributed by atoms with E-state index in [1.807, 2.05) is 22.9 Å². The standard InChI is InChI=1S/C14H15Cl2N3/c15-10-7-11(16)9-13(8-10)19-6-5-17-14(19)18-12-3-1-2-4-12/h5-9,12H,1-4H2,(H,17,18). The van der Waals surface area contributed by atoms with Gasteiger partial charge in [-0.2, -0.15) is 0 Å². The molecule has 1 heterocycles. The van der Waals surface area contributed by atoms with Crippen LogP contribution < -0.4 is 5.32 Å². The highest BCUT2D eigenvalue weighted by molar-refractivity contribution is 6.34. The van der Waals surface area contributed by atoms with Gasteiger partial charge in [-0.25, -0.2) is 4.98 Å². The average molecular weight is 296 g/mol. The fraction of sp³-hybridized carbons (Fsp3) is 0.357. The molecule has 1 saturated carbocycles. The minimum absolute atomic E-state index is 0.524. The molecule has 0 unspecified atom stereocenters. The maximum atomic E-state index is 6.05. The minimum Gasteiger partial charge on any atom is -0.353 e. The van der Waals surface area contributed by atoms with Crippen molar-refractivity contribution >= 4 is 29.2 Å². The smallest absolute Gasteiger partial charge is 0.207 e. The Morgan fingerprint density at radius 2 is 1.79 bits per heavy atom. The molecule has 1 aliphatic rings. The van der Waals surface area contributed by atoms with Crippen LogP contribution in [0.4, 0.5) is 5.95 Å². The molecule has 1 N–H and O–H groups in total. The van der Waals surface area contributed by atoms with E-state index in [-0.39, 0.29) is 0 Å². The molecule has 0 spiro atoms. The molecule has 3 nitrogen and oxygen atoms in total. The fourth-order valence-corrected chi connectivity index (χ4v) is 3.06. The van der Waals surface area contributed by atoms with Crippen molar-refractivity contribution in [3.8, 4) is 5.69 Å². The lowest BCUT2D eigenvalue weighted by atomic mass is 10.2. The molecule has 5 heteroatoms. The van der Waals surface area contributed by atoms with Gasteiger partial charge in [-0.3, -0.25) is 4.57 Å². The molecule has 19 heavy (non-hydrogen) atoms. The van der Waals surface area contributed by atoms with Crippen LogP contribution in [-0.2, 0) is 0 Å². The summed E-state index contributed by atoms with van der Waals surface area (Å²) >= 11 is 12.1. The van der Waals surface area contributed by atoms with Crippen molar-refractivity contribution in [1.29, 1.82) is 0 Å². The Hall–Kier alpha value is -1.19. The second kappa shape index (κ2) is 5.43. The SMILES string of the molecule is Clc1cc(Cl)cc(-n2ccnc2NC2CCCC2)c1. The largest absolute Gasteiger partial charge is 0.353 e. The maximum Gasteiger partial charge on any atom is 0.207 e. The van der Waals surface area contributed by atoms with Crippen molar-refractivity contribution < 1.29 is 0 Å². The number of nitrogens with zero attached hydrogens (tertiary/aromatic N) is 2. The first-order valence-electron chi connectivity index (χ1n) is 6.49. The van der Waals surface area contributed by atoms with E-state index in [9.17, 15) is 0 Å². The molecule has 0 saturated heterocycles. The van der Waals surface area contributed by atoms with Crippen LogP contribution in [0.2, 0.25) is 10.0 Å². The third-order valence-corrected chi connectivity index (χ3v) is 3.89. The molecule has 0 radical (unpaired) electrons. The predicted octanol–water partition coefficient (Wildman–Crippen LogP) is 4.53. The summed E-state index contributed by atoms with van der Waals surface area (Å²) < 4.78 is 1.98. The van der Waals surface area contributed by atoms with Crippen molar-refractivity contribution in [2.75, 3.05) is 5.32 Å². The lowest BCUT2D eigenvalue weighted by Crippen LogP contribution is -2.17. The van der Waals surface area contributed by atoms with E-state index in [0.717, 1.165) is 11.6 Å². The van der Waals surface area contributed by atoms with Gasteiger partial charge >= 0.3 is 0 Å². The second-order valence-corrected chi connectivity index (χ2v) is 5.75. The number of halogens is 2. The second-order valence-electron chi connectivity index (χ2n) is 4.87. The molecule has 1 aromatic carbocycles. The molecule has 100 valence electrons. The van der Waals surface area contributed by atoms with E-state index in [4.69, 9.17) is 23.2 Å². The monoisotopic (exact) mass is 295 g/mol. The van der Waals surface area contributed by atoms with E-state index in [1.165, 1.54) is 25.7 Å². The molecular weight excluding hydrogens is 281 g/mol. The van der Waals surface area contributed by atoms with Crippen molar-refractivity contribution in [2.24, 2.45) is 0 Å². The molecule has 1 fully saturated rings. The third-order valence-electron chi connectivity index (χ3n) is 3.45. The predicted molar refractivity (Wildman–Crippen MR) is 79.5 cm³/mol. The van der Waals surface area contributed by atoms with Gasteiger partial charge in [-0.1, -0.05) is 36.0 Å². The zero-order valence-electron chi connectivity index (χ0n) is 10.4. The zero-order valence-corrected chi connectivity index (χ0v) is 12.0. The Morgan fingerprint density at radius 3 is 2.47 bits per heavy atom. The molecular formula is C14H15Cl2N3. The molecule has 0 atom stereocenters. The van der Waals surface area contributed by atoms with Gasteiger partial charge in [-0.15, -0.1) is 0 Å². The van der Waals surface area contributed by atoms with Crippen molar-refractivity contribution in [1.82, 2.24) is 9.55 Å². The van der Waals surface area contributed by atoms with Crippen LogP contribution in [0.3, 0.4) is 0 Å².